The molecule has 5 atom stereocenters. The largest absolute Gasteiger partial charge is 0.497 e. The first-order valence-electron chi connectivity index (χ1n) is 9.02. The molecule has 0 radical (unpaired) electrons. The van der Waals surface area contributed by atoms with Crippen LogP contribution in [0.2, 0.25) is 0 Å². The number of aromatic nitrogens is 4. The zero-order valence-corrected chi connectivity index (χ0v) is 15.4. The maximum Gasteiger partial charge on any atom is 0.280 e. The van der Waals surface area contributed by atoms with Gasteiger partial charge in [0, 0.05) is 5.56 Å². The zero-order chi connectivity index (χ0) is 20.1. The second kappa shape index (κ2) is 6.81. The number of ether oxygens (including phenoxy) is 4. The third-order valence-corrected chi connectivity index (χ3v) is 5.14. The van der Waals surface area contributed by atoms with Crippen molar-refractivity contribution in [1.82, 2.24) is 19.5 Å². The second-order valence-electron chi connectivity index (χ2n) is 6.83. The number of methoxy groups -OCH3 is 1. The fourth-order valence-electron chi connectivity index (χ4n) is 3.75. The molecule has 3 aromatic rings. The van der Waals surface area contributed by atoms with Crippen LogP contribution in [0.1, 0.15) is 18.1 Å². The molecule has 1 aromatic carbocycles. The highest BCUT2D eigenvalue weighted by atomic mass is 16.8. The molecule has 11 heteroatoms. The number of nitrogen functional groups attached to an aromatic ring is 1. The predicted octanol–water partition coefficient (Wildman–Crippen LogP) is 0.0829. The summed E-state index contributed by atoms with van der Waals surface area (Å²) in [5, 5.41) is 9.76. The number of aliphatic hydroxyl groups is 1. The summed E-state index contributed by atoms with van der Waals surface area (Å²) in [6.45, 7) is -0.251. The highest BCUT2D eigenvalue weighted by molar-refractivity contribution is 5.70. The first-order valence-corrected chi connectivity index (χ1v) is 9.02. The van der Waals surface area contributed by atoms with Crippen molar-refractivity contribution >= 4 is 17.1 Å². The van der Waals surface area contributed by atoms with E-state index in [2.05, 4.69) is 15.0 Å². The molecule has 2 aromatic heterocycles. The highest BCUT2D eigenvalue weighted by Gasteiger charge is 2.53. The van der Waals surface area contributed by atoms with Crippen molar-refractivity contribution < 1.29 is 24.1 Å². The number of fused-ring (bicyclic) bond motifs is 2. The molecule has 11 nitrogen and oxygen atoms in total. The van der Waals surface area contributed by atoms with Gasteiger partial charge in [-0.2, -0.15) is 4.98 Å². The Morgan fingerprint density at radius 1 is 1.24 bits per heavy atom. The van der Waals surface area contributed by atoms with Gasteiger partial charge in [-0.05, 0) is 12.1 Å². The summed E-state index contributed by atoms with van der Waals surface area (Å²) in [6, 6.07) is 7.33. The summed E-state index contributed by atoms with van der Waals surface area (Å²) in [6.07, 6.45) is -1.54. The maximum atomic E-state index is 12.1. The van der Waals surface area contributed by atoms with E-state index in [1.165, 1.54) is 6.33 Å². The van der Waals surface area contributed by atoms with Gasteiger partial charge in [0.1, 0.15) is 24.1 Å². The molecule has 0 aliphatic carbocycles. The van der Waals surface area contributed by atoms with E-state index < -0.39 is 36.4 Å². The van der Waals surface area contributed by atoms with E-state index in [1.54, 1.807) is 11.7 Å². The number of H-pyrrole nitrogens is 1. The number of hydrogen-bond acceptors (Lipinski definition) is 9. The number of anilines is 1. The lowest BCUT2D eigenvalue weighted by molar-refractivity contribution is -0.153. The Hall–Kier alpha value is -2.99. The minimum absolute atomic E-state index is 0.0304. The fraction of sp³-hybridized carbons (Fsp3) is 0.389. The topological polar surface area (TPSA) is 147 Å². The van der Waals surface area contributed by atoms with E-state index in [9.17, 15) is 9.90 Å². The third kappa shape index (κ3) is 2.86. The van der Waals surface area contributed by atoms with Crippen LogP contribution in [0.4, 0.5) is 5.95 Å². The molecule has 0 bridgehead atoms. The number of nitrogens with two attached hydrogens (primary N) is 1. The number of nitrogens with one attached hydrogen (secondary N) is 1. The number of rotatable bonds is 4. The predicted molar refractivity (Wildman–Crippen MR) is 99.0 cm³/mol. The molecule has 2 fully saturated rings. The quantitative estimate of drug-likeness (QED) is 0.553. The molecular formula is C18H19N5O6. The van der Waals surface area contributed by atoms with Gasteiger partial charge in [-0.25, -0.2) is 4.98 Å². The third-order valence-electron chi connectivity index (χ3n) is 5.14. The lowest BCUT2D eigenvalue weighted by Crippen LogP contribution is -2.30. The molecule has 2 aliphatic rings. The Morgan fingerprint density at radius 2 is 2.00 bits per heavy atom. The molecule has 4 heterocycles. The molecular weight excluding hydrogens is 382 g/mol. The van der Waals surface area contributed by atoms with Crippen molar-refractivity contribution in [2.75, 3.05) is 19.5 Å². The Morgan fingerprint density at radius 3 is 2.72 bits per heavy atom. The standard InChI is InChI=1S/C18H19N5O6/c1-26-9-4-2-8(3-5-9)17-28-12-10(6-24)27-16(13(12)29-17)23-7-20-11-14(23)21-18(19)22-15(11)25/h2-5,7,10,12-13,16-17,24H,6H2,1H3,(H3,19,21,22,25)/t10-,12-,13-,16-,17?/m1/s1. The summed E-state index contributed by atoms with van der Waals surface area (Å²) in [5.41, 5.74) is 6.45. The minimum atomic E-state index is -0.695. The molecule has 152 valence electrons. The van der Waals surface area contributed by atoms with E-state index in [0.29, 0.717) is 0 Å². The SMILES string of the molecule is COc1ccc(C2O[C@@H]3[C@H](O2)[C@@H](CO)O[C@H]3n2cnc3c(=O)[nH]c(N)nc32)cc1. The van der Waals surface area contributed by atoms with Gasteiger partial charge in [0.25, 0.3) is 5.56 Å². The van der Waals surface area contributed by atoms with Gasteiger partial charge >= 0.3 is 0 Å². The average Bonchev–Trinajstić information content (AvgIpc) is 3.41. The van der Waals surface area contributed by atoms with Gasteiger partial charge in [-0.3, -0.25) is 14.3 Å². The Balaban J connectivity index is 1.49. The van der Waals surface area contributed by atoms with Gasteiger partial charge < -0.3 is 29.8 Å². The molecule has 4 N–H and O–H groups in total. The van der Waals surface area contributed by atoms with Crippen LogP contribution < -0.4 is 16.0 Å². The molecule has 2 aliphatic heterocycles. The Labute approximate surface area is 164 Å². The number of aliphatic hydroxyl groups excluding tert-OH is 1. The van der Waals surface area contributed by atoms with Crippen molar-refractivity contribution in [2.45, 2.75) is 30.8 Å². The first kappa shape index (κ1) is 18.1. The van der Waals surface area contributed by atoms with Crippen LogP contribution in [0.15, 0.2) is 35.4 Å². The number of imidazole rings is 1. The maximum absolute atomic E-state index is 12.1. The molecule has 5 rings (SSSR count). The van der Waals surface area contributed by atoms with Gasteiger partial charge in [0.05, 0.1) is 20.0 Å². The van der Waals surface area contributed by atoms with Crippen molar-refractivity contribution in [3.8, 4) is 5.75 Å². The van der Waals surface area contributed by atoms with E-state index in [0.717, 1.165) is 11.3 Å². The zero-order valence-electron chi connectivity index (χ0n) is 15.4. The van der Waals surface area contributed by atoms with Crippen LogP contribution in [-0.4, -0.2) is 56.7 Å². The number of benzene rings is 1. The number of aromatic amines is 1. The number of nitrogens with zero attached hydrogens (tertiary/aromatic N) is 3. The fourth-order valence-corrected chi connectivity index (χ4v) is 3.75. The van der Waals surface area contributed by atoms with E-state index in [-0.39, 0.29) is 23.7 Å². The van der Waals surface area contributed by atoms with Crippen molar-refractivity contribution in [1.29, 1.82) is 0 Å². The van der Waals surface area contributed by atoms with E-state index >= 15 is 0 Å². The Kier molecular flexibility index (Phi) is 4.24. The van der Waals surface area contributed by atoms with Crippen LogP contribution in [0, 0.1) is 0 Å². The van der Waals surface area contributed by atoms with Crippen LogP contribution in [0.3, 0.4) is 0 Å². The summed E-state index contributed by atoms with van der Waals surface area (Å²) >= 11 is 0. The average molecular weight is 401 g/mol. The molecule has 1 unspecified atom stereocenters. The van der Waals surface area contributed by atoms with E-state index in [4.69, 9.17) is 24.7 Å². The summed E-state index contributed by atoms with van der Waals surface area (Å²) in [7, 11) is 1.59. The lowest BCUT2D eigenvalue weighted by Gasteiger charge is -2.20. The van der Waals surface area contributed by atoms with Crippen LogP contribution in [0.5, 0.6) is 5.75 Å². The minimum Gasteiger partial charge on any atom is -0.497 e. The Bertz CT molecular complexity index is 1100. The van der Waals surface area contributed by atoms with Gasteiger partial charge in [0.2, 0.25) is 5.95 Å². The smallest absolute Gasteiger partial charge is 0.280 e. The monoisotopic (exact) mass is 401 g/mol. The van der Waals surface area contributed by atoms with Crippen LogP contribution >= 0.6 is 0 Å². The summed E-state index contributed by atoms with van der Waals surface area (Å²) < 4.78 is 24.9. The molecule has 0 saturated carbocycles. The van der Waals surface area contributed by atoms with Crippen LogP contribution in [0.25, 0.3) is 11.2 Å². The normalized spacial score (nSPS) is 28.7. The van der Waals surface area contributed by atoms with Crippen molar-refractivity contribution in [3.05, 3.63) is 46.5 Å². The summed E-state index contributed by atoms with van der Waals surface area (Å²) in [4.78, 5) is 22.8. The summed E-state index contributed by atoms with van der Waals surface area (Å²) in [5.74, 6) is 0.692. The van der Waals surface area contributed by atoms with Gasteiger partial charge in [-0.15, -0.1) is 0 Å². The molecule has 0 amide bonds. The van der Waals surface area contributed by atoms with Crippen molar-refractivity contribution in [2.24, 2.45) is 0 Å². The van der Waals surface area contributed by atoms with Crippen molar-refractivity contribution in [3.63, 3.8) is 0 Å². The molecule has 29 heavy (non-hydrogen) atoms. The lowest BCUT2D eigenvalue weighted by atomic mass is 10.1. The molecule has 0 spiro atoms. The first-order chi connectivity index (χ1) is 14.1. The molecule has 2 saturated heterocycles. The second-order valence-corrected chi connectivity index (χ2v) is 6.83. The van der Waals surface area contributed by atoms with E-state index in [1.807, 2.05) is 24.3 Å². The van der Waals surface area contributed by atoms with Gasteiger partial charge in [0.15, 0.2) is 23.7 Å². The number of hydrogen-bond donors (Lipinski definition) is 3. The van der Waals surface area contributed by atoms with Crippen LogP contribution in [-0.2, 0) is 14.2 Å². The van der Waals surface area contributed by atoms with Gasteiger partial charge in [-0.1, -0.05) is 12.1 Å². The highest BCUT2D eigenvalue weighted by Crippen LogP contribution is 2.44.